The van der Waals surface area contributed by atoms with E-state index >= 15 is 0 Å². The van der Waals surface area contributed by atoms with E-state index in [1.165, 1.54) is 10.4 Å². The molecule has 0 unspecified atom stereocenters. The molecule has 4 heteroatoms. The monoisotopic (exact) mass is 299 g/mol. The lowest BCUT2D eigenvalue weighted by molar-refractivity contribution is 0.319. The summed E-state index contributed by atoms with van der Waals surface area (Å²) < 4.78 is 0. The summed E-state index contributed by atoms with van der Waals surface area (Å²) in [6, 6.07) is 16.6. The van der Waals surface area contributed by atoms with Crippen LogP contribution in [0.25, 0.3) is 0 Å². The van der Waals surface area contributed by atoms with Gasteiger partial charge in [-0.3, -0.25) is 0 Å². The maximum Gasteiger partial charge on any atom is 0.110 e. The second-order valence-electron chi connectivity index (χ2n) is 5.13. The van der Waals surface area contributed by atoms with Gasteiger partial charge in [0.2, 0.25) is 0 Å². The summed E-state index contributed by atoms with van der Waals surface area (Å²) >= 11 is 1.56. The number of benzene rings is 1. The second kappa shape index (κ2) is 8.58. The van der Waals surface area contributed by atoms with Crippen molar-refractivity contribution >= 4 is 11.3 Å². The molecule has 3 nitrogen and oxygen atoms in total. The Hall–Kier alpha value is -1.67. The first-order valence-electron chi connectivity index (χ1n) is 7.20. The number of nitrogens with one attached hydrogen (secondary N) is 1. The predicted octanol–water partition coefficient (Wildman–Crippen LogP) is 3.23. The molecule has 0 bridgehead atoms. The molecular weight excluding hydrogens is 278 g/mol. The largest absolute Gasteiger partial charge is 0.312 e. The van der Waals surface area contributed by atoms with E-state index in [4.69, 9.17) is 5.26 Å². The number of rotatable bonds is 8. The molecule has 0 aliphatic rings. The zero-order valence-electron chi connectivity index (χ0n) is 12.4. The fourth-order valence-corrected chi connectivity index (χ4v) is 2.97. The molecule has 1 aromatic carbocycles. The van der Waals surface area contributed by atoms with E-state index in [9.17, 15) is 0 Å². The van der Waals surface area contributed by atoms with E-state index in [0.29, 0.717) is 0 Å². The van der Waals surface area contributed by atoms with Gasteiger partial charge in [0.05, 0.1) is 0 Å². The molecule has 2 rings (SSSR count). The predicted molar refractivity (Wildman–Crippen MR) is 88.1 cm³/mol. The van der Waals surface area contributed by atoms with Crippen LogP contribution in [-0.4, -0.2) is 25.0 Å². The molecule has 0 amide bonds. The maximum absolute atomic E-state index is 8.78. The van der Waals surface area contributed by atoms with Crippen LogP contribution in [0.15, 0.2) is 42.5 Å². The van der Waals surface area contributed by atoms with Crippen LogP contribution in [0.3, 0.4) is 0 Å². The first kappa shape index (κ1) is 15.7. The van der Waals surface area contributed by atoms with Gasteiger partial charge in [-0.1, -0.05) is 30.3 Å². The van der Waals surface area contributed by atoms with Gasteiger partial charge >= 0.3 is 0 Å². The van der Waals surface area contributed by atoms with Gasteiger partial charge in [-0.05, 0) is 44.3 Å². The molecule has 110 valence electrons. The molecule has 0 saturated carbocycles. The maximum atomic E-state index is 8.78. The normalized spacial score (nSPS) is 10.7. The van der Waals surface area contributed by atoms with Crippen LogP contribution in [-0.2, 0) is 13.1 Å². The number of nitrogens with zero attached hydrogens (tertiary/aromatic N) is 2. The summed E-state index contributed by atoms with van der Waals surface area (Å²) in [5, 5.41) is 12.2. The van der Waals surface area contributed by atoms with Crippen molar-refractivity contribution in [2.24, 2.45) is 0 Å². The molecule has 1 N–H and O–H groups in total. The van der Waals surface area contributed by atoms with Gasteiger partial charge in [-0.2, -0.15) is 5.26 Å². The van der Waals surface area contributed by atoms with Crippen molar-refractivity contribution in [3.63, 3.8) is 0 Å². The number of hydrogen-bond acceptors (Lipinski definition) is 4. The standard InChI is InChI=1S/C17H21N3S/c1-20(14-15-6-3-2-4-7-15)11-5-10-19-13-17-9-8-16(12-18)21-17/h2-4,6-9,19H,5,10-11,13-14H2,1H3. The summed E-state index contributed by atoms with van der Waals surface area (Å²) in [5.74, 6) is 0. The Labute approximate surface area is 130 Å². The van der Waals surface area contributed by atoms with Gasteiger partial charge in [0.15, 0.2) is 0 Å². The molecule has 21 heavy (non-hydrogen) atoms. The van der Waals surface area contributed by atoms with E-state index in [1.54, 1.807) is 11.3 Å². The van der Waals surface area contributed by atoms with Gasteiger partial charge in [-0.15, -0.1) is 11.3 Å². The van der Waals surface area contributed by atoms with E-state index in [1.807, 2.05) is 12.1 Å². The first-order valence-corrected chi connectivity index (χ1v) is 8.01. The Balaban J connectivity index is 1.58. The van der Waals surface area contributed by atoms with Gasteiger partial charge in [0.25, 0.3) is 0 Å². The minimum atomic E-state index is 0.786. The molecule has 0 aliphatic heterocycles. The van der Waals surface area contributed by atoms with Crippen molar-refractivity contribution in [3.05, 3.63) is 57.8 Å². The summed E-state index contributed by atoms with van der Waals surface area (Å²) in [4.78, 5) is 4.36. The fourth-order valence-electron chi connectivity index (χ4n) is 2.19. The summed E-state index contributed by atoms with van der Waals surface area (Å²) in [5.41, 5.74) is 1.36. The van der Waals surface area contributed by atoms with Crippen LogP contribution in [0.2, 0.25) is 0 Å². The minimum Gasteiger partial charge on any atom is -0.312 e. The number of hydrogen-bond donors (Lipinski definition) is 1. The zero-order valence-corrected chi connectivity index (χ0v) is 13.2. The molecule has 0 spiro atoms. The van der Waals surface area contributed by atoms with Crippen LogP contribution in [0, 0.1) is 11.3 Å². The van der Waals surface area contributed by atoms with Crippen LogP contribution in [0.1, 0.15) is 21.7 Å². The average Bonchev–Trinajstić information content (AvgIpc) is 2.96. The molecule has 1 aromatic heterocycles. The lowest BCUT2D eigenvalue weighted by atomic mass is 10.2. The van der Waals surface area contributed by atoms with Gasteiger partial charge in [0, 0.05) is 18.0 Å². The molecule has 1 heterocycles. The lowest BCUT2D eigenvalue weighted by Crippen LogP contribution is -2.23. The molecular formula is C17H21N3S. The van der Waals surface area contributed by atoms with E-state index in [-0.39, 0.29) is 0 Å². The smallest absolute Gasteiger partial charge is 0.110 e. The van der Waals surface area contributed by atoms with Crippen LogP contribution >= 0.6 is 11.3 Å². The highest BCUT2D eigenvalue weighted by Crippen LogP contribution is 2.14. The Morgan fingerprint density at radius 2 is 2.00 bits per heavy atom. The average molecular weight is 299 g/mol. The molecule has 0 saturated heterocycles. The summed E-state index contributed by atoms with van der Waals surface area (Å²) in [7, 11) is 2.16. The van der Waals surface area contributed by atoms with E-state index < -0.39 is 0 Å². The molecule has 0 fully saturated rings. The molecule has 2 aromatic rings. The van der Waals surface area contributed by atoms with Crippen molar-refractivity contribution in [2.45, 2.75) is 19.5 Å². The third-order valence-electron chi connectivity index (χ3n) is 3.26. The Morgan fingerprint density at radius 1 is 1.19 bits per heavy atom. The second-order valence-corrected chi connectivity index (χ2v) is 6.30. The molecule has 0 atom stereocenters. The number of thiophene rings is 1. The Kier molecular flexibility index (Phi) is 6.42. The SMILES string of the molecule is CN(CCCNCc1ccc(C#N)s1)Cc1ccccc1. The molecule has 0 aliphatic carbocycles. The quantitative estimate of drug-likeness (QED) is 0.761. The zero-order chi connectivity index (χ0) is 14.9. The summed E-state index contributed by atoms with van der Waals surface area (Å²) in [6.07, 6.45) is 1.12. The van der Waals surface area contributed by atoms with Crippen molar-refractivity contribution in [1.29, 1.82) is 5.26 Å². The minimum absolute atomic E-state index is 0.786. The van der Waals surface area contributed by atoms with Crippen molar-refractivity contribution < 1.29 is 0 Å². The van der Waals surface area contributed by atoms with Crippen LogP contribution in [0.4, 0.5) is 0 Å². The van der Waals surface area contributed by atoms with Crippen molar-refractivity contribution in [1.82, 2.24) is 10.2 Å². The fraction of sp³-hybridized carbons (Fsp3) is 0.353. The highest BCUT2D eigenvalue weighted by molar-refractivity contribution is 7.12. The van der Waals surface area contributed by atoms with Crippen molar-refractivity contribution in [2.75, 3.05) is 20.1 Å². The lowest BCUT2D eigenvalue weighted by Gasteiger charge is -2.16. The first-order chi connectivity index (χ1) is 10.3. The van der Waals surface area contributed by atoms with Crippen molar-refractivity contribution in [3.8, 4) is 6.07 Å². The van der Waals surface area contributed by atoms with Crippen LogP contribution < -0.4 is 5.32 Å². The van der Waals surface area contributed by atoms with Gasteiger partial charge < -0.3 is 10.2 Å². The van der Waals surface area contributed by atoms with Gasteiger partial charge in [0.1, 0.15) is 10.9 Å². The number of nitriles is 1. The topological polar surface area (TPSA) is 39.1 Å². The van der Waals surface area contributed by atoms with E-state index in [2.05, 4.69) is 53.7 Å². The highest BCUT2D eigenvalue weighted by atomic mass is 32.1. The molecule has 0 radical (unpaired) electrons. The third kappa shape index (κ3) is 5.68. The Bertz CT molecular complexity index is 571. The third-order valence-corrected chi connectivity index (χ3v) is 4.25. The van der Waals surface area contributed by atoms with Crippen LogP contribution in [0.5, 0.6) is 0 Å². The van der Waals surface area contributed by atoms with E-state index in [0.717, 1.165) is 37.5 Å². The van der Waals surface area contributed by atoms with Gasteiger partial charge in [-0.25, -0.2) is 0 Å². The summed E-state index contributed by atoms with van der Waals surface area (Å²) in [6.45, 7) is 3.93. The Morgan fingerprint density at radius 3 is 2.71 bits per heavy atom. The highest BCUT2D eigenvalue weighted by Gasteiger charge is 2.01.